The molecule has 0 radical (unpaired) electrons. The Bertz CT molecular complexity index is 1630. The van der Waals surface area contributed by atoms with Crippen LogP contribution in [0, 0.1) is 11.6 Å². The van der Waals surface area contributed by atoms with E-state index in [9.17, 15) is 19.0 Å². The molecular formula is C32H18F2Li2O2. The molecule has 38 heavy (non-hydrogen) atoms. The normalized spacial score (nSPS) is 10.7. The fourth-order valence-corrected chi connectivity index (χ4v) is 4.84. The quantitative estimate of drug-likeness (QED) is 0.356. The van der Waals surface area contributed by atoms with Crippen molar-refractivity contribution < 1.29 is 56.7 Å². The summed E-state index contributed by atoms with van der Waals surface area (Å²) in [6, 6.07) is 29.9. The molecule has 0 aliphatic carbocycles. The van der Waals surface area contributed by atoms with Crippen LogP contribution in [0.15, 0.2) is 109 Å². The summed E-state index contributed by atoms with van der Waals surface area (Å²) in [7, 11) is 0. The van der Waals surface area contributed by atoms with E-state index in [1.165, 1.54) is 24.3 Å². The van der Waals surface area contributed by atoms with E-state index in [1.807, 2.05) is 48.5 Å². The second-order valence-electron chi connectivity index (χ2n) is 8.71. The Balaban J connectivity index is 0.00000168. The van der Waals surface area contributed by atoms with Gasteiger partial charge < -0.3 is 10.2 Å². The molecule has 0 heterocycles. The third-order valence-electron chi connectivity index (χ3n) is 6.56. The fraction of sp³-hybridized carbons (Fsp3) is 0. The molecule has 6 aromatic rings. The Hall–Kier alpha value is -3.51. The standard InChI is InChI=1S/C32H20F2O2.2Li/c33-23-13-9-19(10-14-23)27-17-21-5-1-3-7-25(21)29(31(27)35)30-26-8-4-2-6-22(26)18-28(32(30)36)20-11-15-24(34)16-12-20;;/h1-18,35-36H;;/q;2*+1/p-2. The summed E-state index contributed by atoms with van der Waals surface area (Å²) in [4.78, 5) is 0. The van der Waals surface area contributed by atoms with Crippen LogP contribution in [0.25, 0.3) is 54.9 Å². The molecule has 0 amide bonds. The third-order valence-corrected chi connectivity index (χ3v) is 6.56. The van der Waals surface area contributed by atoms with Gasteiger partial charge in [-0.15, -0.1) is 0 Å². The number of hydrogen-bond donors (Lipinski definition) is 0. The Morgan fingerprint density at radius 3 is 1.16 bits per heavy atom. The second-order valence-corrected chi connectivity index (χ2v) is 8.71. The van der Waals surface area contributed by atoms with Gasteiger partial charge in [0.15, 0.2) is 0 Å². The zero-order valence-electron chi connectivity index (χ0n) is 21.0. The van der Waals surface area contributed by atoms with Crippen molar-refractivity contribution in [3.8, 4) is 44.9 Å². The summed E-state index contributed by atoms with van der Waals surface area (Å²) in [5.41, 5.74) is 2.52. The molecule has 174 valence electrons. The van der Waals surface area contributed by atoms with Gasteiger partial charge in [-0.25, -0.2) is 8.78 Å². The minimum Gasteiger partial charge on any atom is -0.872 e. The Labute approximate surface area is 242 Å². The van der Waals surface area contributed by atoms with Crippen LogP contribution in [-0.4, -0.2) is 0 Å². The Morgan fingerprint density at radius 2 is 0.789 bits per heavy atom. The van der Waals surface area contributed by atoms with E-state index in [-0.39, 0.29) is 49.2 Å². The minimum absolute atomic E-state index is 0. The molecule has 0 unspecified atom stereocenters. The number of rotatable bonds is 3. The van der Waals surface area contributed by atoms with Crippen LogP contribution in [0.2, 0.25) is 0 Å². The summed E-state index contributed by atoms with van der Waals surface area (Å²) >= 11 is 0. The van der Waals surface area contributed by atoms with Crippen molar-refractivity contribution in [1.82, 2.24) is 0 Å². The first kappa shape index (κ1) is 27.5. The first-order chi connectivity index (χ1) is 17.5. The molecule has 0 saturated carbocycles. The van der Waals surface area contributed by atoms with Gasteiger partial charge >= 0.3 is 37.7 Å². The first-order valence-electron chi connectivity index (χ1n) is 11.5. The van der Waals surface area contributed by atoms with Gasteiger partial charge in [0.05, 0.1) is 0 Å². The zero-order chi connectivity index (χ0) is 24.8. The molecule has 0 aliphatic heterocycles. The van der Waals surface area contributed by atoms with Crippen molar-refractivity contribution in [2.75, 3.05) is 0 Å². The van der Waals surface area contributed by atoms with Crippen LogP contribution in [0.4, 0.5) is 8.78 Å². The van der Waals surface area contributed by atoms with Gasteiger partial charge in [-0.1, -0.05) is 84.3 Å². The van der Waals surface area contributed by atoms with E-state index in [2.05, 4.69) is 0 Å². The van der Waals surface area contributed by atoms with Crippen LogP contribution in [0.1, 0.15) is 0 Å². The average Bonchev–Trinajstić information content (AvgIpc) is 2.90. The molecule has 0 spiro atoms. The predicted octanol–water partition coefficient (Wildman–Crippen LogP) is 1.43. The van der Waals surface area contributed by atoms with Gasteiger partial charge in [0.1, 0.15) is 11.6 Å². The third kappa shape index (κ3) is 4.74. The van der Waals surface area contributed by atoms with Gasteiger partial charge in [0.2, 0.25) is 0 Å². The Morgan fingerprint density at radius 1 is 0.447 bits per heavy atom. The molecule has 0 aromatic heterocycles. The smallest absolute Gasteiger partial charge is 0.872 e. The molecule has 6 aromatic carbocycles. The molecule has 2 nitrogen and oxygen atoms in total. The summed E-state index contributed by atoms with van der Waals surface area (Å²) in [6.07, 6.45) is 0. The minimum atomic E-state index is -0.396. The average molecular weight is 486 g/mol. The van der Waals surface area contributed by atoms with E-state index in [4.69, 9.17) is 0 Å². The van der Waals surface area contributed by atoms with Crippen molar-refractivity contribution in [2.24, 2.45) is 0 Å². The van der Waals surface area contributed by atoms with E-state index >= 15 is 0 Å². The summed E-state index contributed by atoms with van der Waals surface area (Å²) in [5, 5.41) is 31.1. The van der Waals surface area contributed by atoms with E-state index in [0.717, 1.165) is 10.8 Å². The molecule has 0 bridgehead atoms. The van der Waals surface area contributed by atoms with Crippen LogP contribution >= 0.6 is 0 Å². The summed E-state index contributed by atoms with van der Waals surface area (Å²) in [5.74, 6) is -1.41. The molecule has 6 rings (SSSR count). The number of hydrogen-bond acceptors (Lipinski definition) is 2. The van der Waals surface area contributed by atoms with Crippen LogP contribution in [-0.2, 0) is 0 Å². The molecule has 0 saturated heterocycles. The molecule has 0 aliphatic rings. The van der Waals surface area contributed by atoms with Gasteiger partial charge in [0, 0.05) is 0 Å². The van der Waals surface area contributed by atoms with Gasteiger partial charge in [-0.05, 0) is 91.3 Å². The van der Waals surface area contributed by atoms with Crippen molar-refractivity contribution in [3.05, 3.63) is 121 Å². The number of halogens is 2. The fourth-order valence-electron chi connectivity index (χ4n) is 4.84. The van der Waals surface area contributed by atoms with Crippen molar-refractivity contribution in [1.29, 1.82) is 0 Å². The van der Waals surface area contributed by atoms with Crippen LogP contribution < -0.4 is 47.9 Å². The largest absolute Gasteiger partial charge is 1.00 e. The maximum atomic E-state index is 14.1. The van der Waals surface area contributed by atoms with Gasteiger partial charge in [-0.3, -0.25) is 0 Å². The predicted molar refractivity (Wildman–Crippen MR) is 137 cm³/mol. The zero-order valence-corrected chi connectivity index (χ0v) is 21.0. The number of fused-ring (bicyclic) bond motifs is 2. The maximum absolute atomic E-state index is 14.1. The monoisotopic (exact) mass is 486 g/mol. The maximum Gasteiger partial charge on any atom is 1.00 e. The molecular weight excluding hydrogens is 468 g/mol. The second kappa shape index (κ2) is 11.1. The van der Waals surface area contributed by atoms with Crippen LogP contribution in [0.5, 0.6) is 11.5 Å². The van der Waals surface area contributed by atoms with Gasteiger partial charge in [-0.2, -0.15) is 0 Å². The molecule has 6 heteroatoms. The molecule has 0 N–H and O–H groups in total. The van der Waals surface area contributed by atoms with Gasteiger partial charge in [0.25, 0.3) is 0 Å². The van der Waals surface area contributed by atoms with E-state index in [0.29, 0.717) is 44.2 Å². The SMILES string of the molecule is [Li+].[Li+].[O-]c1c(-c2ccc(F)cc2)cc2ccccc2c1-c1c([O-])c(-c2ccc(F)cc2)cc2ccccc12. The summed E-state index contributed by atoms with van der Waals surface area (Å²) < 4.78 is 27.2. The van der Waals surface area contributed by atoms with E-state index < -0.39 is 11.6 Å². The van der Waals surface area contributed by atoms with Crippen molar-refractivity contribution in [3.63, 3.8) is 0 Å². The summed E-state index contributed by atoms with van der Waals surface area (Å²) in [6.45, 7) is 0. The van der Waals surface area contributed by atoms with Crippen molar-refractivity contribution >= 4 is 21.5 Å². The number of benzene rings is 6. The molecule has 0 fully saturated rings. The first-order valence-corrected chi connectivity index (χ1v) is 11.5. The van der Waals surface area contributed by atoms with E-state index in [1.54, 1.807) is 36.4 Å². The van der Waals surface area contributed by atoms with Crippen molar-refractivity contribution in [2.45, 2.75) is 0 Å². The topological polar surface area (TPSA) is 46.1 Å². The molecule has 0 atom stereocenters. The Kier molecular flexibility index (Phi) is 8.03. The van der Waals surface area contributed by atoms with Crippen LogP contribution in [0.3, 0.4) is 0 Å².